The van der Waals surface area contributed by atoms with Gasteiger partial charge in [-0.2, -0.15) is 0 Å². The standard InChI is InChI=1S/C17H18BrNO3/c18-16-13-15(19(20)21)10-11-17(16)22-12-6-2-5-9-14-7-3-1-4-8-14/h1,3-4,7-8,10-11,13H,2,5-6,9,12H2. The van der Waals surface area contributed by atoms with E-state index in [0.717, 1.165) is 25.7 Å². The lowest BCUT2D eigenvalue weighted by molar-refractivity contribution is -0.385. The fraction of sp³-hybridized carbons (Fsp3) is 0.294. The van der Waals surface area contributed by atoms with Gasteiger partial charge in [0.1, 0.15) is 5.75 Å². The topological polar surface area (TPSA) is 52.4 Å². The molecule has 0 aliphatic heterocycles. The Kier molecular flexibility index (Phi) is 6.40. The Balaban J connectivity index is 1.67. The van der Waals surface area contributed by atoms with Gasteiger partial charge in [0.25, 0.3) is 5.69 Å². The smallest absolute Gasteiger partial charge is 0.270 e. The highest BCUT2D eigenvalue weighted by Gasteiger charge is 2.09. The minimum Gasteiger partial charge on any atom is -0.492 e. The number of nitro groups is 1. The summed E-state index contributed by atoms with van der Waals surface area (Å²) in [5, 5.41) is 10.7. The van der Waals surface area contributed by atoms with Crippen LogP contribution in [0.3, 0.4) is 0 Å². The Hall–Kier alpha value is -1.88. The molecule has 0 unspecified atom stereocenters. The van der Waals surface area contributed by atoms with Crippen LogP contribution in [0.25, 0.3) is 0 Å². The van der Waals surface area contributed by atoms with E-state index in [4.69, 9.17) is 4.74 Å². The number of hydrogen-bond donors (Lipinski definition) is 0. The van der Waals surface area contributed by atoms with E-state index < -0.39 is 4.92 Å². The van der Waals surface area contributed by atoms with Crippen LogP contribution in [-0.4, -0.2) is 11.5 Å². The molecule has 2 aromatic carbocycles. The second-order valence-electron chi connectivity index (χ2n) is 5.02. The highest BCUT2D eigenvalue weighted by molar-refractivity contribution is 9.10. The molecule has 0 heterocycles. The number of aryl methyl sites for hydroxylation is 1. The molecule has 2 aromatic rings. The molecule has 2 rings (SSSR count). The van der Waals surface area contributed by atoms with Gasteiger partial charge in [-0.25, -0.2) is 0 Å². The molecule has 116 valence electrons. The van der Waals surface area contributed by atoms with Crippen molar-refractivity contribution >= 4 is 21.6 Å². The number of benzene rings is 2. The van der Waals surface area contributed by atoms with Crippen LogP contribution in [0.4, 0.5) is 5.69 Å². The van der Waals surface area contributed by atoms with Crippen molar-refractivity contribution < 1.29 is 9.66 Å². The summed E-state index contributed by atoms with van der Waals surface area (Å²) < 4.78 is 6.27. The van der Waals surface area contributed by atoms with Crippen molar-refractivity contribution in [3.63, 3.8) is 0 Å². The van der Waals surface area contributed by atoms with Gasteiger partial charge in [0.15, 0.2) is 0 Å². The summed E-state index contributed by atoms with van der Waals surface area (Å²) in [6, 6.07) is 15.0. The Morgan fingerprint density at radius 2 is 1.82 bits per heavy atom. The van der Waals surface area contributed by atoms with Crippen LogP contribution in [0.15, 0.2) is 53.0 Å². The summed E-state index contributed by atoms with van der Waals surface area (Å²) in [6.07, 6.45) is 4.28. The monoisotopic (exact) mass is 363 g/mol. The van der Waals surface area contributed by atoms with E-state index in [-0.39, 0.29) is 5.69 Å². The maximum Gasteiger partial charge on any atom is 0.270 e. The predicted octanol–water partition coefficient (Wildman–Crippen LogP) is 5.15. The molecule has 0 aromatic heterocycles. The Bertz CT molecular complexity index is 617. The van der Waals surface area contributed by atoms with E-state index in [1.54, 1.807) is 6.07 Å². The fourth-order valence-corrected chi connectivity index (χ4v) is 2.64. The third-order valence-corrected chi connectivity index (χ3v) is 3.96. The van der Waals surface area contributed by atoms with Crippen LogP contribution in [-0.2, 0) is 6.42 Å². The minimum absolute atomic E-state index is 0.0575. The zero-order chi connectivity index (χ0) is 15.8. The molecule has 0 spiro atoms. The van der Waals surface area contributed by atoms with Crippen LogP contribution in [0.5, 0.6) is 5.75 Å². The molecule has 0 saturated heterocycles. The lowest BCUT2D eigenvalue weighted by atomic mass is 10.1. The van der Waals surface area contributed by atoms with E-state index in [9.17, 15) is 10.1 Å². The number of nitrogens with zero attached hydrogens (tertiary/aromatic N) is 1. The van der Waals surface area contributed by atoms with Gasteiger partial charge in [0.05, 0.1) is 16.0 Å². The van der Waals surface area contributed by atoms with Gasteiger partial charge >= 0.3 is 0 Å². The zero-order valence-electron chi connectivity index (χ0n) is 12.2. The van der Waals surface area contributed by atoms with Crippen LogP contribution in [0.2, 0.25) is 0 Å². The van der Waals surface area contributed by atoms with Gasteiger partial charge in [-0.1, -0.05) is 30.3 Å². The van der Waals surface area contributed by atoms with Gasteiger partial charge in [-0.05, 0) is 53.2 Å². The van der Waals surface area contributed by atoms with Gasteiger partial charge in [-0.3, -0.25) is 10.1 Å². The lowest BCUT2D eigenvalue weighted by Gasteiger charge is -2.08. The van der Waals surface area contributed by atoms with Crippen molar-refractivity contribution in [3.05, 3.63) is 68.7 Å². The second-order valence-corrected chi connectivity index (χ2v) is 5.87. The number of non-ortho nitro benzene ring substituents is 1. The molecule has 0 atom stereocenters. The van der Waals surface area contributed by atoms with E-state index in [1.165, 1.54) is 17.7 Å². The third-order valence-electron chi connectivity index (χ3n) is 3.34. The summed E-state index contributed by atoms with van der Waals surface area (Å²) in [6.45, 7) is 0.616. The number of rotatable bonds is 8. The Labute approximate surface area is 138 Å². The fourth-order valence-electron chi connectivity index (χ4n) is 2.16. The molecular weight excluding hydrogens is 346 g/mol. The molecule has 0 saturated carbocycles. The first-order valence-electron chi connectivity index (χ1n) is 7.27. The molecule has 0 fully saturated rings. The SMILES string of the molecule is O=[N+]([O-])c1ccc(OCCCCCc2ccccc2)c(Br)c1. The molecule has 22 heavy (non-hydrogen) atoms. The molecular formula is C17H18BrNO3. The molecule has 0 bridgehead atoms. The predicted molar refractivity (Wildman–Crippen MR) is 90.3 cm³/mol. The summed E-state index contributed by atoms with van der Waals surface area (Å²) in [7, 11) is 0. The van der Waals surface area contributed by atoms with Crippen LogP contribution >= 0.6 is 15.9 Å². The molecule has 0 aliphatic rings. The van der Waals surface area contributed by atoms with E-state index in [2.05, 4.69) is 40.2 Å². The van der Waals surface area contributed by atoms with Crippen LogP contribution in [0, 0.1) is 10.1 Å². The Morgan fingerprint density at radius 3 is 2.50 bits per heavy atom. The first-order valence-corrected chi connectivity index (χ1v) is 8.07. The summed E-state index contributed by atoms with van der Waals surface area (Å²) in [5.41, 5.74) is 1.42. The first kappa shape index (κ1) is 16.5. The van der Waals surface area contributed by atoms with Crippen molar-refractivity contribution in [2.24, 2.45) is 0 Å². The average molecular weight is 364 g/mol. The maximum absolute atomic E-state index is 10.7. The van der Waals surface area contributed by atoms with Crippen LogP contribution in [0.1, 0.15) is 24.8 Å². The normalized spacial score (nSPS) is 10.4. The highest BCUT2D eigenvalue weighted by atomic mass is 79.9. The number of unbranched alkanes of at least 4 members (excludes halogenated alkanes) is 2. The van der Waals surface area contributed by atoms with Gasteiger partial charge in [0.2, 0.25) is 0 Å². The number of nitro benzene ring substituents is 1. The summed E-state index contributed by atoms with van der Waals surface area (Å²) in [5.74, 6) is 0.647. The summed E-state index contributed by atoms with van der Waals surface area (Å²) in [4.78, 5) is 10.2. The second kappa shape index (κ2) is 8.54. The zero-order valence-corrected chi connectivity index (χ0v) is 13.8. The molecule has 0 N–H and O–H groups in total. The van der Waals surface area contributed by atoms with Crippen LogP contribution < -0.4 is 4.74 Å². The quantitative estimate of drug-likeness (QED) is 0.370. The maximum atomic E-state index is 10.7. The molecule has 0 radical (unpaired) electrons. The molecule has 5 heteroatoms. The number of halogens is 1. The molecule has 4 nitrogen and oxygen atoms in total. The van der Waals surface area contributed by atoms with Crippen molar-refractivity contribution in [3.8, 4) is 5.75 Å². The van der Waals surface area contributed by atoms with Crippen molar-refractivity contribution in [2.45, 2.75) is 25.7 Å². The van der Waals surface area contributed by atoms with Crippen molar-refractivity contribution in [1.82, 2.24) is 0 Å². The Morgan fingerprint density at radius 1 is 1.05 bits per heavy atom. The summed E-state index contributed by atoms with van der Waals surface area (Å²) >= 11 is 3.30. The van der Waals surface area contributed by atoms with E-state index in [0.29, 0.717) is 16.8 Å². The van der Waals surface area contributed by atoms with Gasteiger partial charge in [-0.15, -0.1) is 0 Å². The molecule has 0 aliphatic carbocycles. The minimum atomic E-state index is -0.419. The third kappa shape index (κ3) is 5.15. The van der Waals surface area contributed by atoms with Crippen molar-refractivity contribution in [2.75, 3.05) is 6.61 Å². The number of hydrogen-bond acceptors (Lipinski definition) is 3. The first-order chi connectivity index (χ1) is 10.7. The average Bonchev–Trinajstić information content (AvgIpc) is 2.52. The van der Waals surface area contributed by atoms with Gasteiger partial charge in [0, 0.05) is 12.1 Å². The highest BCUT2D eigenvalue weighted by Crippen LogP contribution is 2.29. The largest absolute Gasteiger partial charge is 0.492 e. The lowest BCUT2D eigenvalue weighted by Crippen LogP contribution is -1.99. The van der Waals surface area contributed by atoms with E-state index in [1.807, 2.05) is 6.07 Å². The van der Waals surface area contributed by atoms with Gasteiger partial charge < -0.3 is 4.74 Å². The number of ether oxygens (including phenoxy) is 1. The molecule has 0 amide bonds. The van der Waals surface area contributed by atoms with Crippen molar-refractivity contribution in [1.29, 1.82) is 0 Å². The van der Waals surface area contributed by atoms with E-state index >= 15 is 0 Å².